The van der Waals surface area contributed by atoms with Gasteiger partial charge in [0, 0.05) is 17.2 Å². The number of nitrogens with two attached hydrogens (primary N) is 2. The lowest BCUT2D eigenvalue weighted by molar-refractivity contribution is -0.133. The Bertz CT molecular complexity index is 1450. The Kier molecular flexibility index (Phi) is 8.57. The SMILES string of the molecule is CC(C)(C)CC[C@H](c1ccc(C(=O)NC/C(N)=N/N)cc1)N1C(=O)C(c2cc(F)cc(F)c2)=NC12CCC(C1(C)CC1)CC2. The third-order valence-electron chi connectivity index (χ3n) is 9.77. The van der Waals surface area contributed by atoms with E-state index >= 15 is 0 Å². The summed E-state index contributed by atoms with van der Waals surface area (Å²) in [4.78, 5) is 34.1. The van der Waals surface area contributed by atoms with Crippen molar-refractivity contribution in [2.24, 2.45) is 38.4 Å². The van der Waals surface area contributed by atoms with Crippen LogP contribution in [-0.4, -0.2) is 40.5 Å². The normalized spacial score (nSPS) is 23.9. The quantitative estimate of drug-likeness (QED) is 0.144. The number of amidine groups is 1. The molecule has 5 rings (SSSR count). The molecule has 2 aromatic rings. The molecular formula is C34H44F2N6O2. The van der Waals surface area contributed by atoms with Crippen molar-refractivity contribution >= 4 is 23.4 Å². The minimum atomic E-state index is -0.811. The van der Waals surface area contributed by atoms with E-state index in [1.807, 2.05) is 17.0 Å². The molecule has 2 saturated carbocycles. The van der Waals surface area contributed by atoms with E-state index < -0.39 is 17.3 Å². The van der Waals surface area contributed by atoms with Crippen LogP contribution in [0.3, 0.4) is 0 Å². The molecule has 0 radical (unpaired) electrons. The summed E-state index contributed by atoms with van der Waals surface area (Å²) in [5, 5.41) is 6.06. The smallest absolute Gasteiger partial charge is 0.275 e. The molecule has 0 unspecified atom stereocenters. The summed E-state index contributed by atoms with van der Waals surface area (Å²) in [5.41, 5.74) is 6.72. The number of halogens is 2. The number of hydrogen-bond acceptors (Lipinski definition) is 5. The highest BCUT2D eigenvalue weighted by atomic mass is 19.1. The molecule has 2 amide bonds. The minimum absolute atomic E-state index is 0.00785. The number of nitrogens with one attached hydrogen (secondary N) is 1. The molecule has 0 bridgehead atoms. The number of carbonyl (C=O) groups excluding carboxylic acids is 2. The number of carbonyl (C=O) groups is 2. The van der Waals surface area contributed by atoms with Crippen LogP contribution in [0, 0.1) is 28.4 Å². The Hall–Kier alpha value is -3.82. The molecule has 2 aliphatic carbocycles. The predicted octanol–water partition coefficient (Wildman–Crippen LogP) is 5.81. The van der Waals surface area contributed by atoms with Gasteiger partial charge in [0.1, 0.15) is 28.8 Å². The molecular weight excluding hydrogens is 562 g/mol. The first-order chi connectivity index (χ1) is 20.7. The van der Waals surface area contributed by atoms with Crippen molar-refractivity contribution in [3.05, 3.63) is 70.8 Å². The highest BCUT2D eigenvalue weighted by molar-refractivity contribution is 6.46. The molecule has 1 atom stereocenters. The van der Waals surface area contributed by atoms with E-state index in [0.717, 1.165) is 30.9 Å². The molecule has 1 aliphatic heterocycles. The van der Waals surface area contributed by atoms with Gasteiger partial charge < -0.3 is 21.8 Å². The molecule has 8 nitrogen and oxygen atoms in total. The van der Waals surface area contributed by atoms with Crippen LogP contribution in [0.15, 0.2) is 52.6 Å². The van der Waals surface area contributed by atoms with Crippen LogP contribution in [0.5, 0.6) is 0 Å². The van der Waals surface area contributed by atoms with Gasteiger partial charge in [-0.25, -0.2) is 8.78 Å². The highest BCUT2D eigenvalue weighted by Gasteiger charge is 2.55. The maximum Gasteiger partial charge on any atom is 0.275 e. The standard InChI is InChI=1S/C34H44F2N6O2/c1-32(2,3)12-11-27(21-5-7-22(8-6-21)30(43)39-20-28(37)41-38)42-31(44)29(23-17-25(35)19-26(36)18-23)40-34(42)13-9-24(10-14-34)33(4)15-16-33/h5-8,17-19,24,27H,9-16,20,38H2,1-4H3,(H2,37,41)(H,39,43)/t24?,27-,34?/m1/s1. The van der Waals surface area contributed by atoms with E-state index in [4.69, 9.17) is 16.6 Å². The zero-order valence-corrected chi connectivity index (χ0v) is 26.1. The van der Waals surface area contributed by atoms with E-state index in [0.29, 0.717) is 36.2 Å². The zero-order valence-electron chi connectivity index (χ0n) is 26.1. The second kappa shape index (κ2) is 11.9. The molecule has 1 spiro atoms. The van der Waals surface area contributed by atoms with Crippen LogP contribution in [0.2, 0.25) is 0 Å². The Labute approximate surface area is 258 Å². The number of aliphatic imine (C=N–C) groups is 1. The number of rotatable bonds is 9. The van der Waals surface area contributed by atoms with Crippen molar-refractivity contribution in [3.63, 3.8) is 0 Å². The Morgan fingerprint density at radius 1 is 1.09 bits per heavy atom. The third kappa shape index (κ3) is 6.64. The molecule has 44 heavy (non-hydrogen) atoms. The van der Waals surface area contributed by atoms with Crippen LogP contribution in [0.4, 0.5) is 8.78 Å². The summed E-state index contributed by atoms with van der Waals surface area (Å²) < 4.78 is 28.7. The Morgan fingerprint density at radius 2 is 1.70 bits per heavy atom. The first kappa shape index (κ1) is 31.6. The fourth-order valence-electron chi connectivity index (χ4n) is 6.85. The van der Waals surface area contributed by atoms with Gasteiger partial charge >= 0.3 is 0 Å². The third-order valence-corrected chi connectivity index (χ3v) is 9.77. The lowest BCUT2D eigenvalue weighted by atomic mass is 9.73. The fraction of sp³-hybridized carbons (Fsp3) is 0.529. The van der Waals surface area contributed by atoms with Gasteiger partial charge in [-0.1, -0.05) is 39.8 Å². The van der Waals surface area contributed by atoms with Gasteiger partial charge in [-0.3, -0.25) is 14.6 Å². The lowest BCUT2D eigenvalue weighted by Gasteiger charge is -2.46. The summed E-state index contributed by atoms with van der Waals surface area (Å²) in [6.45, 7) is 8.85. The van der Waals surface area contributed by atoms with Gasteiger partial charge in [-0.15, -0.1) is 0 Å². The minimum Gasteiger partial charge on any atom is -0.384 e. The van der Waals surface area contributed by atoms with Gasteiger partial charge in [0.05, 0.1) is 12.6 Å². The van der Waals surface area contributed by atoms with Gasteiger partial charge in [0.2, 0.25) is 0 Å². The van der Waals surface area contributed by atoms with Crippen LogP contribution in [0.25, 0.3) is 0 Å². The molecule has 0 aromatic heterocycles. The number of nitrogens with zero attached hydrogens (tertiary/aromatic N) is 3. The topological polar surface area (TPSA) is 126 Å². The molecule has 2 fully saturated rings. The van der Waals surface area contributed by atoms with E-state index in [1.165, 1.54) is 25.0 Å². The van der Waals surface area contributed by atoms with Crippen molar-refractivity contribution < 1.29 is 18.4 Å². The highest BCUT2D eigenvalue weighted by Crippen LogP contribution is 2.58. The summed E-state index contributed by atoms with van der Waals surface area (Å²) >= 11 is 0. The molecule has 3 aliphatic rings. The average Bonchev–Trinajstić information content (AvgIpc) is 3.67. The first-order valence-electron chi connectivity index (χ1n) is 15.5. The van der Waals surface area contributed by atoms with Crippen LogP contribution >= 0.6 is 0 Å². The van der Waals surface area contributed by atoms with Crippen molar-refractivity contribution in [2.45, 2.75) is 90.8 Å². The first-order valence-corrected chi connectivity index (χ1v) is 15.5. The number of hydrazone groups is 1. The summed E-state index contributed by atoms with van der Waals surface area (Å²) in [5.74, 6) is 3.71. The van der Waals surface area contributed by atoms with Crippen LogP contribution in [0.1, 0.15) is 107 Å². The number of benzene rings is 2. The maximum absolute atomic E-state index is 14.4. The van der Waals surface area contributed by atoms with Crippen molar-refractivity contribution in [1.82, 2.24) is 10.2 Å². The van der Waals surface area contributed by atoms with Crippen LogP contribution in [-0.2, 0) is 4.79 Å². The fourth-order valence-corrected chi connectivity index (χ4v) is 6.85. The summed E-state index contributed by atoms with van der Waals surface area (Å²) in [7, 11) is 0. The van der Waals surface area contributed by atoms with Gasteiger partial charge in [-0.2, -0.15) is 5.10 Å². The maximum atomic E-state index is 14.4. The lowest BCUT2D eigenvalue weighted by Crippen LogP contribution is -2.51. The molecule has 5 N–H and O–H groups in total. The predicted molar refractivity (Wildman–Crippen MR) is 168 cm³/mol. The molecule has 236 valence electrons. The average molecular weight is 607 g/mol. The van der Waals surface area contributed by atoms with Crippen LogP contribution < -0.4 is 16.9 Å². The van der Waals surface area contributed by atoms with E-state index in [9.17, 15) is 18.4 Å². The van der Waals surface area contributed by atoms with Gasteiger partial charge in [0.15, 0.2) is 0 Å². The van der Waals surface area contributed by atoms with E-state index in [2.05, 4.69) is 38.1 Å². The molecule has 0 saturated heterocycles. The molecule has 10 heteroatoms. The molecule has 2 aromatic carbocycles. The zero-order chi connectivity index (χ0) is 31.9. The van der Waals surface area contributed by atoms with Crippen molar-refractivity contribution in [2.75, 3.05) is 6.54 Å². The molecule has 1 heterocycles. The van der Waals surface area contributed by atoms with Crippen molar-refractivity contribution in [1.29, 1.82) is 0 Å². The number of amides is 2. The monoisotopic (exact) mass is 606 g/mol. The van der Waals surface area contributed by atoms with E-state index in [-0.39, 0.29) is 46.9 Å². The summed E-state index contributed by atoms with van der Waals surface area (Å²) in [6, 6.07) is 10.0. The second-order valence-corrected chi connectivity index (χ2v) is 14.2. The van der Waals surface area contributed by atoms with Gasteiger partial charge in [-0.05, 0) is 97.9 Å². The Morgan fingerprint density at radius 3 is 2.25 bits per heavy atom. The Balaban J connectivity index is 1.52. The van der Waals surface area contributed by atoms with Gasteiger partial charge in [0.25, 0.3) is 11.8 Å². The summed E-state index contributed by atoms with van der Waals surface area (Å²) in [6.07, 6.45) is 7.20. The van der Waals surface area contributed by atoms with Crippen molar-refractivity contribution in [3.8, 4) is 0 Å². The second-order valence-electron chi connectivity index (χ2n) is 14.2. The van der Waals surface area contributed by atoms with E-state index in [1.54, 1.807) is 12.1 Å². The number of hydrogen-bond donors (Lipinski definition) is 3. The largest absolute Gasteiger partial charge is 0.384 e.